The van der Waals surface area contributed by atoms with Gasteiger partial charge in [0.15, 0.2) is 0 Å². The molecule has 5 nitrogen and oxygen atoms in total. The predicted octanol–water partition coefficient (Wildman–Crippen LogP) is 1.36. The molecule has 0 unspecified atom stereocenters. The average Bonchev–Trinajstić information content (AvgIpc) is 2.69. The molecule has 0 radical (unpaired) electrons. The van der Waals surface area contributed by atoms with Crippen molar-refractivity contribution in [3.63, 3.8) is 0 Å². The fourth-order valence-electron chi connectivity index (χ4n) is 1.40. The summed E-state index contributed by atoms with van der Waals surface area (Å²) in [6.45, 7) is 8.69. The fraction of sp³-hybridized carbons (Fsp3) is 0.667. The lowest BCUT2D eigenvalue weighted by atomic mass is 9.74. The van der Waals surface area contributed by atoms with Crippen molar-refractivity contribution in [1.82, 2.24) is 15.1 Å². The number of hydrogen-bond donors (Lipinski definition) is 2. The van der Waals surface area contributed by atoms with Crippen LogP contribution in [0.15, 0.2) is 18.5 Å². The van der Waals surface area contributed by atoms with Gasteiger partial charge >= 0.3 is 5.97 Å². The van der Waals surface area contributed by atoms with E-state index in [9.17, 15) is 9.90 Å². The van der Waals surface area contributed by atoms with Crippen LogP contribution in [0.2, 0.25) is 0 Å². The van der Waals surface area contributed by atoms with Crippen LogP contribution in [-0.4, -0.2) is 32.9 Å². The minimum absolute atomic E-state index is 0.480. The first-order valence-electron chi connectivity index (χ1n) is 5.73. The first-order valence-corrected chi connectivity index (χ1v) is 5.73. The van der Waals surface area contributed by atoms with Crippen LogP contribution < -0.4 is 5.32 Å². The molecule has 1 rings (SSSR count). The van der Waals surface area contributed by atoms with Crippen LogP contribution in [0.5, 0.6) is 0 Å². The summed E-state index contributed by atoms with van der Waals surface area (Å²) in [6, 6.07) is 1.87. The molecule has 1 aromatic rings. The summed E-state index contributed by atoms with van der Waals surface area (Å²) in [4.78, 5) is 11.2. The molecule has 0 bridgehead atoms. The van der Waals surface area contributed by atoms with Crippen molar-refractivity contribution in [2.45, 2.75) is 39.8 Å². The summed E-state index contributed by atoms with van der Waals surface area (Å²) in [7, 11) is 0. The van der Waals surface area contributed by atoms with Crippen LogP contribution in [-0.2, 0) is 11.3 Å². The molecule has 0 aliphatic carbocycles. The first-order chi connectivity index (χ1) is 7.77. The third kappa shape index (κ3) is 3.06. The van der Waals surface area contributed by atoms with Gasteiger partial charge in [-0.2, -0.15) is 5.10 Å². The lowest BCUT2D eigenvalue weighted by Gasteiger charge is -2.39. The highest BCUT2D eigenvalue weighted by Crippen LogP contribution is 2.30. The zero-order valence-corrected chi connectivity index (χ0v) is 10.9. The highest BCUT2D eigenvalue weighted by Gasteiger charge is 2.42. The summed E-state index contributed by atoms with van der Waals surface area (Å²) >= 11 is 0. The maximum atomic E-state index is 11.2. The molecular formula is C12H21N3O2. The molecule has 17 heavy (non-hydrogen) atoms. The molecule has 1 aromatic heterocycles. The second kappa shape index (κ2) is 4.87. The van der Waals surface area contributed by atoms with Crippen LogP contribution in [0.3, 0.4) is 0 Å². The lowest BCUT2D eigenvalue weighted by molar-refractivity contribution is -0.151. The number of carboxylic acid groups (broad SMARTS) is 1. The zero-order valence-electron chi connectivity index (χ0n) is 10.9. The van der Waals surface area contributed by atoms with Crippen LogP contribution in [0.1, 0.15) is 27.7 Å². The fourth-order valence-corrected chi connectivity index (χ4v) is 1.40. The van der Waals surface area contributed by atoms with Gasteiger partial charge in [-0.15, -0.1) is 0 Å². The third-order valence-corrected chi connectivity index (χ3v) is 3.56. The van der Waals surface area contributed by atoms with Gasteiger partial charge in [0.1, 0.15) is 0 Å². The molecule has 0 atom stereocenters. The highest BCUT2D eigenvalue weighted by atomic mass is 16.4. The van der Waals surface area contributed by atoms with Gasteiger partial charge < -0.3 is 10.4 Å². The van der Waals surface area contributed by atoms with E-state index in [2.05, 4.69) is 10.4 Å². The van der Waals surface area contributed by atoms with Crippen LogP contribution in [0.25, 0.3) is 0 Å². The molecular weight excluding hydrogens is 218 g/mol. The van der Waals surface area contributed by atoms with Gasteiger partial charge in [0.05, 0.1) is 12.0 Å². The molecule has 5 heteroatoms. The molecule has 0 saturated carbocycles. The third-order valence-electron chi connectivity index (χ3n) is 3.56. The van der Waals surface area contributed by atoms with Gasteiger partial charge in [-0.1, -0.05) is 0 Å². The monoisotopic (exact) mass is 239 g/mol. The van der Waals surface area contributed by atoms with Crippen molar-refractivity contribution in [2.75, 3.05) is 6.54 Å². The SMILES string of the molecule is CC(C)(NCCn1cccn1)C(C)(C)C(=O)O. The van der Waals surface area contributed by atoms with E-state index in [4.69, 9.17) is 0 Å². The highest BCUT2D eigenvalue weighted by molar-refractivity contribution is 5.75. The Hall–Kier alpha value is -1.36. The van der Waals surface area contributed by atoms with E-state index in [-0.39, 0.29) is 0 Å². The lowest BCUT2D eigenvalue weighted by Crippen LogP contribution is -2.55. The van der Waals surface area contributed by atoms with Crippen molar-refractivity contribution >= 4 is 5.97 Å². The molecule has 0 fully saturated rings. The Morgan fingerprint density at radius 1 is 1.41 bits per heavy atom. The second-order valence-electron chi connectivity index (χ2n) is 5.25. The number of aliphatic carboxylic acids is 1. The maximum Gasteiger partial charge on any atom is 0.310 e. The second-order valence-corrected chi connectivity index (χ2v) is 5.25. The van der Waals surface area contributed by atoms with E-state index in [1.807, 2.05) is 30.8 Å². The molecule has 96 valence electrons. The Bertz CT molecular complexity index is 369. The van der Waals surface area contributed by atoms with Crippen LogP contribution in [0.4, 0.5) is 0 Å². The zero-order chi connectivity index (χ0) is 13.1. The number of carbonyl (C=O) groups is 1. The smallest absolute Gasteiger partial charge is 0.310 e. The van der Waals surface area contributed by atoms with Gasteiger partial charge in [-0.3, -0.25) is 9.48 Å². The van der Waals surface area contributed by atoms with Crippen LogP contribution in [0, 0.1) is 5.41 Å². The molecule has 0 saturated heterocycles. The standard InChI is InChI=1S/C12H21N3O2/c1-11(2,10(16)17)12(3,4)13-7-9-15-8-5-6-14-15/h5-6,8,13H,7,9H2,1-4H3,(H,16,17). The summed E-state index contributed by atoms with van der Waals surface area (Å²) in [6.07, 6.45) is 3.61. The van der Waals surface area contributed by atoms with Gasteiger partial charge in [0.25, 0.3) is 0 Å². The molecule has 0 amide bonds. The van der Waals surface area contributed by atoms with Crippen molar-refractivity contribution in [1.29, 1.82) is 0 Å². The van der Waals surface area contributed by atoms with Crippen molar-refractivity contribution in [3.05, 3.63) is 18.5 Å². The quantitative estimate of drug-likeness (QED) is 0.786. The van der Waals surface area contributed by atoms with Crippen LogP contribution >= 0.6 is 0 Å². The number of aromatic nitrogens is 2. The Kier molecular flexibility index (Phi) is 3.93. The Balaban J connectivity index is 2.52. The molecule has 2 N–H and O–H groups in total. The van der Waals surface area contributed by atoms with E-state index in [1.165, 1.54) is 0 Å². The minimum Gasteiger partial charge on any atom is -0.481 e. The summed E-state index contributed by atoms with van der Waals surface area (Å²) in [5, 5.41) is 16.6. The maximum absolute atomic E-state index is 11.2. The summed E-state index contributed by atoms with van der Waals surface area (Å²) in [5.74, 6) is -0.797. The Morgan fingerprint density at radius 3 is 2.53 bits per heavy atom. The number of nitrogens with one attached hydrogen (secondary N) is 1. The largest absolute Gasteiger partial charge is 0.481 e. The predicted molar refractivity (Wildman–Crippen MR) is 65.7 cm³/mol. The summed E-state index contributed by atoms with van der Waals surface area (Å²) < 4.78 is 1.82. The van der Waals surface area contributed by atoms with E-state index in [0.29, 0.717) is 6.54 Å². The molecule has 0 spiro atoms. The van der Waals surface area contributed by atoms with Crippen molar-refractivity contribution < 1.29 is 9.90 Å². The Labute approximate surface area is 102 Å². The number of hydrogen-bond acceptors (Lipinski definition) is 3. The van der Waals surface area contributed by atoms with Crippen molar-refractivity contribution in [2.24, 2.45) is 5.41 Å². The van der Waals surface area contributed by atoms with E-state index in [0.717, 1.165) is 6.54 Å². The topological polar surface area (TPSA) is 67.2 Å². The first kappa shape index (κ1) is 13.7. The van der Waals surface area contributed by atoms with Crippen molar-refractivity contribution in [3.8, 4) is 0 Å². The van der Waals surface area contributed by atoms with E-state index in [1.54, 1.807) is 20.0 Å². The normalized spacial score (nSPS) is 12.7. The van der Waals surface area contributed by atoms with E-state index < -0.39 is 16.9 Å². The Morgan fingerprint density at radius 2 is 2.06 bits per heavy atom. The molecule has 0 aliphatic heterocycles. The molecule has 0 aromatic carbocycles. The minimum atomic E-state index is -0.822. The average molecular weight is 239 g/mol. The summed E-state index contributed by atoms with van der Waals surface area (Å²) in [5.41, 5.74) is -1.30. The van der Waals surface area contributed by atoms with Gasteiger partial charge in [-0.05, 0) is 33.8 Å². The number of carboxylic acids is 1. The van der Waals surface area contributed by atoms with Gasteiger partial charge in [-0.25, -0.2) is 0 Å². The van der Waals surface area contributed by atoms with Gasteiger partial charge in [0.2, 0.25) is 0 Å². The van der Waals surface area contributed by atoms with Gasteiger partial charge in [0, 0.05) is 24.5 Å². The number of rotatable bonds is 6. The molecule has 1 heterocycles. The van der Waals surface area contributed by atoms with E-state index >= 15 is 0 Å². The number of nitrogens with zero attached hydrogens (tertiary/aromatic N) is 2. The molecule has 0 aliphatic rings.